The van der Waals surface area contributed by atoms with Crippen molar-refractivity contribution in [3.05, 3.63) is 54.1 Å². The van der Waals surface area contributed by atoms with Gasteiger partial charge in [-0.25, -0.2) is 9.97 Å². The molecule has 0 fully saturated rings. The predicted molar refractivity (Wildman–Crippen MR) is 80.7 cm³/mol. The molecule has 0 aliphatic carbocycles. The number of benzene rings is 1. The van der Waals surface area contributed by atoms with E-state index in [4.69, 9.17) is 0 Å². The molecule has 104 valence electrons. The molecule has 20 heavy (non-hydrogen) atoms. The van der Waals surface area contributed by atoms with Crippen molar-refractivity contribution >= 4 is 5.69 Å². The van der Waals surface area contributed by atoms with Gasteiger partial charge in [0.1, 0.15) is 6.33 Å². The second-order valence-electron chi connectivity index (χ2n) is 5.10. The van der Waals surface area contributed by atoms with Crippen LogP contribution in [0.1, 0.15) is 17.7 Å². The monoisotopic (exact) mass is 268 g/mol. The maximum Gasteiger partial charge on any atom is 0.115 e. The SMILES string of the molecule is c1ccc2c(c1)CCN2CCCNCc1ccncn1. The van der Waals surface area contributed by atoms with Crippen molar-refractivity contribution < 1.29 is 0 Å². The average molecular weight is 268 g/mol. The predicted octanol–water partition coefficient (Wildman–Crippen LogP) is 2.02. The molecule has 4 heteroatoms. The van der Waals surface area contributed by atoms with E-state index in [0.717, 1.165) is 38.3 Å². The molecule has 2 heterocycles. The molecule has 0 radical (unpaired) electrons. The van der Waals surface area contributed by atoms with E-state index in [2.05, 4.69) is 44.5 Å². The molecule has 1 aromatic carbocycles. The Morgan fingerprint density at radius 3 is 3.05 bits per heavy atom. The molecule has 2 aromatic rings. The van der Waals surface area contributed by atoms with Gasteiger partial charge in [0, 0.05) is 31.5 Å². The van der Waals surface area contributed by atoms with Gasteiger partial charge in [0.05, 0.1) is 5.69 Å². The van der Waals surface area contributed by atoms with Crippen LogP contribution in [0.15, 0.2) is 42.9 Å². The molecule has 1 N–H and O–H groups in total. The normalized spacial score (nSPS) is 13.5. The van der Waals surface area contributed by atoms with Gasteiger partial charge in [-0.1, -0.05) is 18.2 Å². The van der Waals surface area contributed by atoms with Gasteiger partial charge in [0.25, 0.3) is 0 Å². The highest BCUT2D eigenvalue weighted by atomic mass is 15.1. The standard InChI is InChI=1S/C16H20N4/c1-2-5-16-14(4-1)7-11-20(16)10-3-8-17-12-15-6-9-18-13-19-15/h1-2,4-6,9,13,17H,3,7-8,10-12H2. The van der Waals surface area contributed by atoms with Crippen molar-refractivity contribution in [2.75, 3.05) is 24.5 Å². The van der Waals surface area contributed by atoms with Crippen LogP contribution in [0.5, 0.6) is 0 Å². The molecule has 0 saturated carbocycles. The van der Waals surface area contributed by atoms with Crippen molar-refractivity contribution in [3.63, 3.8) is 0 Å². The van der Waals surface area contributed by atoms with Crippen molar-refractivity contribution in [2.24, 2.45) is 0 Å². The third-order valence-corrected chi connectivity index (χ3v) is 3.71. The van der Waals surface area contributed by atoms with E-state index in [1.165, 1.54) is 17.7 Å². The van der Waals surface area contributed by atoms with E-state index in [-0.39, 0.29) is 0 Å². The molecular weight excluding hydrogens is 248 g/mol. The second-order valence-corrected chi connectivity index (χ2v) is 5.10. The number of hydrogen-bond acceptors (Lipinski definition) is 4. The molecule has 0 saturated heterocycles. The lowest BCUT2D eigenvalue weighted by Crippen LogP contribution is -2.25. The van der Waals surface area contributed by atoms with Crippen molar-refractivity contribution in [1.29, 1.82) is 0 Å². The summed E-state index contributed by atoms with van der Waals surface area (Å²) in [6.07, 6.45) is 5.72. The number of fused-ring (bicyclic) bond motifs is 1. The lowest BCUT2D eigenvalue weighted by Gasteiger charge is -2.19. The molecule has 1 aromatic heterocycles. The number of rotatable bonds is 6. The minimum Gasteiger partial charge on any atom is -0.371 e. The Bertz CT molecular complexity index is 541. The Morgan fingerprint density at radius 2 is 2.15 bits per heavy atom. The summed E-state index contributed by atoms with van der Waals surface area (Å²) >= 11 is 0. The number of nitrogens with zero attached hydrogens (tertiary/aromatic N) is 3. The molecule has 0 spiro atoms. The summed E-state index contributed by atoms with van der Waals surface area (Å²) in [5, 5.41) is 3.43. The fraction of sp³-hybridized carbons (Fsp3) is 0.375. The third-order valence-electron chi connectivity index (χ3n) is 3.71. The molecule has 0 amide bonds. The van der Waals surface area contributed by atoms with E-state index in [0.29, 0.717) is 0 Å². The van der Waals surface area contributed by atoms with Gasteiger partial charge in [0.15, 0.2) is 0 Å². The van der Waals surface area contributed by atoms with E-state index >= 15 is 0 Å². The average Bonchev–Trinajstić information content (AvgIpc) is 2.91. The van der Waals surface area contributed by atoms with E-state index in [9.17, 15) is 0 Å². The van der Waals surface area contributed by atoms with Crippen molar-refractivity contribution in [1.82, 2.24) is 15.3 Å². The summed E-state index contributed by atoms with van der Waals surface area (Å²) in [4.78, 5) is 10.6. The van der Waals surface area contributed by atoms with Crippen LogP contribution in [0.25, 0.3) is 0 Å². The topological polar surface area (TPSA) is 41.0 Å². The van der Waals surface area contributed by atoms with Crippen LogP contribution in [0.2, 0.25) is 0 Å². The first-order valence-corrected chi connectivity index (χ1v) is 7.22. The summed E-state index contributed by atoms with van der Waals surface area (Å²) in [5.74, 6) is 0. The summed E-state index contributed by atoms with van der Waals surface area (Å²) in [6.45, 7) is 4.11. The van der Waals surface area contributed by atoms with Gasteiger partial charge >= 0.3 is 0 Å². The Balaban J connectivity index is 1.39. The summed E-state index contributed by atoms with van der Waals surface area (Å²) in [5.41, 5.74) is 3.95. The van der Waals surface area contributed by atoms with Gasteiger partial charge in [-0.05, 0) is 37.1 Å². The molecule has 1 aliphatic rings. The number of hydrogen-bond donors (Lipinski definition) is 1. The van der Waals surface area contributed by atoms with Crippen LogP contribution in [0.3, 0.4) is 0 Å². The van der Waals surface area contributed by atoms with Crippen molar-refractivity contribution in [3.8, 4) is 0 Å². The minimum atomic E-state index is 0.819. The number of para-hydroxylation sites is 1. The molecule has 4 nitrogen and oxygen atoms in total. The van der Waals surface area contributed by atoms with E-state index in [1.54, 1.807) is 12.5 Å². The zero-order chi connectivity index (χ0) is 13.6. The van der Waals surface area contributed by atoms with Gasteiger partial charge in [0.2, 0.25) is 0 Å². The van der Waals surface area contributed by atoms with E-state index in [1.807, 2.05) is 6.07 Å². The maximum absolute atomic E-state index is 4.20. The first-order valence-electron chi connectivity index (χ1n) is 7.22. The Kier molecular flexibility index (Phi) is 4.23. The van der Waals surface area contributed by atoms with Gasteiger partial charge in [-0.3, -0.25) is 0 Å². The fourth-order valence-corrected chi connectivity index (χ4v) is 2.67. The first-order chi connectivity index (χ1) is 9.93. The molecule has 0 bridgehead atoms. The minimum absolute atomic E-state index is 0.819. The summed E-state index contributed by atoms with van der Waals surface area (Å²) < 4.78 is 0. The highest BCUT2D eigenvalue weighted by Gasteiger charge is 2.16. The van der Waals surface area contributed by atoms with Crippen LogP contribution in [0.4, 0.5) is 5.69 Å². The highest BCUT2D eigenvalue weighted by Crippen LogP contribution is 2.27. The Morgan fingerprint density at radius 1 is 1.20 bits per heavy atom. The second kappa shape index (κ2) is 6.48. The molecule has 0 atom stereocenters. The van der Waals surface area contributed by atoms with Crippen LogP contribution in [0, 0.1) is 0 Å². The zero-order valence-electron chi connectivity index (χ0n) is 11.6. The number of nitrogens with one attached hydrogen (secondary N) is 1. The maximum atomic E-state index is 4.20. The van der Waals surface area contributed by atoms with Crippen LogP contribution >= 0.6 is 0 Å². The van der Waals surface area contributed by atoms with Crippen LogP contribution < -0.4 is 10.2 Å². The van der Waals surface area contributed by atoms with Gasteiger partial charge in [-0.15, -0.1) is 0 Å². The summed E-state index contributed by atoms with van der Waals surface area (Å²) in [7, 11) is 0. The fourth-order valence-electron chi connectivity index (χ4n) is 2.67. The molecule has 3 rings (SSSR count). The quantitative estimate of drug-likeness (QED) is 0.814. The zero-order valence-corrected chi connectivity index (χ0v) is 11.6. The molecule has 0 unspecified atom stereocenters. The summed E-state index contributed by atoms with van der Waals surface area (Å²) in [6, 6.07) is 10.7. The third kappa shape index (κ3) is 3.14. The van der Waals surface area contributed by atoms with Crippen LogP contribution in [-0.4, -0.2) is 29.6 Å². The molecular formula is C16H20N4. The largest absolute Gasteiger partial charge is 0.371 e. The first kappa shape index (κ1) is 13.1. The van der Waals surface area contributed by atoms with Gasteiger partial charge in [-0.2, -0.15) is 0 Å². The van der Waals surface area contributed by atoms with Crippen molar-refractivity contribution in [2.45, 2.75) is 19.4 Å². The smallest absolute Gasteiger partial charge is 0.115 e. The lowest BCUT2D eigenvalue weighted by atomic mass is 10.2. The number of anilines is 1. The molecule has 1 aliphatic heterocycles. The number of aromatic nitrogens is 2. The van der Waals surface area contributed by atoms with Crippen LogP contribution in [-0.2, 0) is 13.0 Å². The van der Waals surface area contributed by atoms with Gasteiger partial charge < -0.3 is 10.2 Å². The Hall–Kier alpha value is -1.94. The Labute approximate surface area is 119 Å². The lowest BCUT2D eigenvalue weighted by molar-refractivity contribution is 0.630. The van der Waals surface area contributed by atoms with E-state index < -0.39 is 0 Å². The highest BCUT2D eigenvalue weighted by molar-refractivity contribution is 5.57.